The summed E-state index contributed by atoms with van der Waals surface area (Å²) < 4.78 is 5.01. The van der Waals surface area contributed by atoms with Crippen molar-refractivity contribution >= 4 is 11.7 Å². The summed E-state index contributed by atoms with van der Waals surface area (Å²) in [6, 6.07) is 0. The monoisotopic (exact) mass is 212 g/mol. The number of anilines is 1. The summed E-state index contributed by atoms with van der Waals surface area (Å²) in [4.78, 5) is 11.5. The lowest BCUT2D eigenvalue weighted by atomic mass is 10.2. The number of aryl methyl sites for hydroxylation is 1. The van der Waals surface area contributed by atoms with Gasteiger partial charge in [0.2, 0.25) is 5.91 Å². The van der Waals surface area contributed by atoms with E-state index in [1.165, 1.54) is 7.11 Å². The second kappa shape index (κ2) is 5.47. The lowest BCUT2D eigenvalue weighted by molar-refractivity contribution is -0.118. The Balaban J connectivity index is 2.46. The number of carbonyl (C=O) groups excluding carboxylic acids is 1. The van der Waals surface area contributed by atoms with Crippen LogP contribution in [0.25, 0.3) is 0 Å². The number of nitrogens with zero attached hydrogens (tertiary/aromatic N) is 1. The Bertz CT molecular complexity index is 320. The average Bonchev–Trinajstić information content (AvgIpc) is 2.61. The molecule has 0 fully saturated rings. The molecule has 1 heterocycles. The van der Waals surface area contributed by atoms with Gasteiger partial charge in [-0.05, 0) is 6.92 Å². The minimum atomic E-state index is -0.242. The van der Waals surface area contributed by atoms with Crippen molar-refractivity contribution in [3.05, 3.63) is 11.8 Å². The van der Waals surface area contributed by atoms with Crippen LogP contribution in [0, 0.1) is 6.92 Å². The predicted octanol–water partition coefficient (Wildman–Crippen LogP) is 0.0204. The number of aromatic amines is 1. The molecule has 0 radical (unpaired) electrons. The Kier molecular flexibility index (Phi) is 4.26. The average molecular weight is 212 g/mol. The summed E-state index contributed by atoms with van der Waals surface area (Å²) in [6.07, 6.45) is 1.64. The van der Waals surface area contributed by atoms with Gasteiger partial charge >= 0.3 is 0 Å². The first-order chi connectivity index (χ1) is 7.17. The zero-order chi connectivity index (χ0) is 11.3. The highest BCUT2D eigenvalue weighted by molar-refractivity contribution is 5.90. The maximum Gasteiger partial charge on any atom is 0.228 e. The van der Waals surface area contributed by atoms with E-state index in [0.29, 0.717) is 12.4 Å². The molecular weight excluding hydrogens is 196 g/mol. The van der Waals surface area contributed by atoms with Gasteiger partial charge in [-0.1, -0.05) is 0 Å². The van der Waals surface area contributed by atoms with E-state index in [2.05, 4.69) is 15.5 Å². The van der Waals surface area contributed by atoms with E-state index in [0.717, 1.165) is 5.56 Å². The third-order valence-corrected chi connectivity index (χ3v) is 2.10. The van der Waals surface area contributed by atoms with Gasteiger partial charge in [0.25, 0.3) is 0 Å². The largest absolute Gasteiger partial charge is 0.380 e. The first kappa shape index (κ1) is 11.7. The van der Waals surface area contributed by atoms with Crippen molar-refractivity contribution in [2.45, 2.75) is 19.4 Å². The Labute approximate surface area is 88.2 Å². The van der Waals surface area contributed by atoms with E-state index in [1.54, 1.807) is 6.20 Å². The molecule has 0 saturated carbocycles. The molecule has 84 valence electrons. The molecule has 0 aliphatic carbocycles. The van der Waals surface area contributed by atoms with Crippen LogP contribution in [0.5, 0.6) is 0 Å². The molecule has 0 aromatic carbocycles. The lowest BCUT2D eigenvalue weighted by Gasteiger charge is -2.11. The molecule has 1 unspecified atom stereocenters. The first-order valence-electron chi connectivity index (χ1n) is 4.70. The highest BCUT2D eigenvalue weighted by Gasteiger charge is 2.12. The van der Waals surface area contributed by atoms with Gasteiger partial charge in [-0.25, -0.2) is 0 Å². The van der Waals surface area contributed by atoms with Crippen LogP contribution in [0.2, 0.25) is 0 Å². The first-order valence-corrected chi connectivity index (χ1v) is 4.70. The van der Waals surface area contributed by atoms with Crippen molar-refractivity contribution < 1.29 is 9.53 Å². The standard InChI is InChI=1S/C9H16N4O2/c1-6-5-11-13-9(6)12-8(14)3-7(4-10)15-2/h5,7H,3-4,10H2,1-2H3,(H2,11,12,13,14). The highest BCUT2D eigenvalue weighted by atomic mass is 16.5. The molecular formula is C9H16N4O2. The lowest BCUT2D eigenvalue weighted by Crippen LogP contribution is -2.28. The van der Waals surface area contributed by atoms with Gasteiger partial charge < -0.3 is 15.8 Å². The molecule has 1 atom stereocenters. The summed E-state index contributed by atoms with van der Waals surface area (Å²) in [5.74, 6) is 0.478. The smallest absolute Gasteiger partial charge is 0.228 e. The zero-order valence-electron chi connectivity index (χ0n) is 8.91. The Morgan fingerprint density at radius 1 is 1.80 bits per heavy atom. The van der Waals surface area contributed by atoms with E-state index < -0.39 is 0 Å². The topological polar surface area (TPSA) is 93.0 Å². The molecule has 6 nitrogen and oxygen atoms in total. The Morgan fingerprint density at radius 3 is 3.00 bits per heavy atom. The molecule has 6 heteroatoms. The van der Waals surface area contributed by atoms with Crippen LogP contribution < -0.4 is 11.1 Å². The maximum absolute atomic E-state index is 11.5. The van der Waals surface area contributed by atoms with Gasteiger partial charge in [0, 0.05) is 19.2 Å². The van der Waals surface area contributed by atoms with Crippen molar-refractivity contribution in [3.63, 3.8) is 0 Å². The summed E-state index contributed by atoms with van der Waals surface area (Å²) in [7, 11) is 1.53. The van der Waals surface area contributed by atoms with Crippen molar-refractivity contribution in [1.82, 2.24) is 10.2 Å². The summed E-state index contributed by atoms with van der Waals surface area (Å²) in [6.45, 7) is 2.18. The van der Waals surface area contributed by atoms with Gasteiger partial charge in [-0.15, -0.1) is 0 Å². The predicted molar refractivity (Wildman–Crippen MR) is 56.4 cm³/mol. The van der Waals surface area contributed by atoms with Crippen LogP contribution in [0.1, 0.15) is 12.0 Å². The van der Waals surface area contributed by atoms with Crippen molar-refractivity contribution in [1.29, 1.82) is 0 Å². The van der Waals surface area contributed by atoms with Gasteiger partial charge in [-0.3, -0.25) is 9.89 Å². The molecule has 15 heavy (non-hydrogen) atoms. The third-order valence-electron chi connectivity index (χ3n) is 2.10. The van der Waals surface area contributed by atoms with Gasteiger partial charge in [0.15, 0.2) is 0 Å². The molecule has 1 aromatic rings. The number of aromatic nitrogens is 2. The summed E-state index contributed by atoms with van der Waals surface area (Å²) >= 11 is 0. The van der Waals surface area contributed by atoms with Crippen molar-refractivity contribution in [2.24, 2.45) is 5.73 Å². The Hall–Kier alpha value is -1.40. The van der Waals surface area contributed by atoms with Crippen LogP contribution in [0.3, 0.4) is 0 Å². The van der Waals surface area contributed by atoms with E-state index in [9.17, 15) is 4.79 Å². The van der Waals surface area contributed by atoms with Crippen LogP contribution in [0.4, 0.5) is 5.82 Å². The minimum Gasteiger partial charge on any atom is -0.380 e. The fraction of sp³-hybridized carbons (Fsp3) is 0.556. The van der Waals surface area contributed by atoms with Gasteiger partial charge in [0.1, 0.15) is 5.82 Å². The quantitative estimate of drug-likeness (QED) is 0.641. The number of ether oxygens (including phenoxy) is 1. The highest BCUT2D eigenvalue weighted by Crippen LogP contribution is 2.09. The van der Waals surface area contributed by atoms with Crippen LogP contribution in [-0.2, 0) is 9.53 Å². The number of nitrogens with two attached hydrogens (primary N) is 1. The SMILES string of the molecule is COC(CN)CC(=O)Nc1[nH]ncc1C. The number of H-pyrrole nitrogens is 1. The molecule has 0 bridgehead atoms. The molecule has 0 spiro atoms. The van der Waals surface area contributed by atoms with Crippen molar-refractivity contribution in [2.75, 3.05) is 19.0 Å². The second-order valence-electron chi connectivity index (χ2n) is 3.27. The normalized spacial score (nSPS) is 12.5. The fourth-order valence-electron chi connectivity index (χ4n) is 1.13. The molecule has 4 N–H and O–H groups in total. The molecule has 1 rings (SSSR count). The fourth-order valence-corrected chi connectivity index (χ4v) is 1.13. The molecule has 1 aromatic heterocycles. The number of nitrogens with one attached hydrogen (secondary N) is 2. The number of amides is 1. The number of hydrogen-bond acceptors (Lipinski definition) is 4. The van der Waals surface area contributed by atoms with Crippen molar-refractivity contribution in [3.8, 4) is 0 Å². The number of rotatable bonds is 5. The van der Waals surface area contributed by atoms with E-state index in [1.807, 2.05) is 6.92 Å². The number of carbonyl (C=O) groups is 1. The third kappa shape index (κ3) is 3.34. The minimum absolute atomic E-state index is 0.139. The molecule has 0 aliphatic heterocycles. The van der Waals surface area contributed by atoms with Crippen LogP contribution in [-0.4, -0.2) is 35.9 Å². The number of methoxy groups -OCH3 is 1. The van der Waals surface area contributed by atoms with Crippen LogP contribution >= 0.6 is 0 Å². The van der Waals surface area contributed by atoms with E-state index in [4.69, 9.17) is 10.5 Å². The molecule has 0 aliphatic rings. The summed E-state index contributed by atoms with van der Waals surface area (Å²) in [5, 5.41) is 9.19. The maximum atomic E-state index is 11.5. The Morgan fingerprint density at radius 2 is 2.53 bits per heavy atom. The number of hydrogen-bond donors (Lipinski definition) is 3. The summed E-state index contributed by atoms with van der Waals surface area (Å²) in [5.41, 5.74) is 6.30. The molecule has 1 amide bonds. The molecule has 0 saturated heterocycles. The van der Waals surface area contributed by atoms with E-state index >= 15 is 0 Å². The second-order valence-corrected chi connectivity index (χ2v) is 3.27. The van der Waals surface area contributed by atoms with Gasteiger partial charge in [0.05, 0.1) is 18.7 Å². The van der Waals surface area contributed by atoms with E-state index in [-0.39, 0.29) is 18.4 Å². The van der Waals surface area contributed by atoms with Crippen LogP contribution in [0.15, 0.2) is 6.20 Å². The zero-order valence-corrected chi connectivity index (χ0v) is 8.91. The van der Waals surface area contributed by atoms with Gasteiger partial charge in [-0.2, -0.15) is 5.10 Å².